The van der Waals surface area contributed by atoms with E-state index in [-0.39, 0.29) is 5.75 Å². The van der Waals surface area contributed by atoms with Gasteiger partial charge in [0.25, 0.3) is 0 Å². The topological polar surface area (TPSA) is 55.2 Å². The number of para-hydroxylation sites is 2. The number of phenolic OH excluding ortho intramolecular Hbond substituents is 1. The predicted octanol–water partition coefficient (Wildman–Crippen LogP) is 5.36. The summed E-state index contributed by atoms with van der Waals surface area (Å²) >= 11 is 0. The van der Waals surface area contributed by atoms with Gasteiger partial charge in [-0.1, -0.05) is 43.3 Å². The molecule has 0 spiro atoms. The molecule has 0 saturated heterocycles. The number of hydrogen-bond donors (Lipinski definition) is 1. The highest BCUT2D eigenvalue weighted by molar-refractivity contribution is 5.85. The average molecular weight is 342 g/mol. The Bertz CT molecular complexity index is 1080. The lowest BCUT2D eigenvalue weighted by Crippen LogP contribution is -1.96. The number of hydrogen-bond acceptors (Lipinski definition) is 4. The van der Waals surface area contributed by atoms with E-state index in [1.165, 1.54) is 5.56 Å². The van der Waals surface area contributed by atoms with Crippen molar-refractivity contribution >= 4 is 10.9 Å². The smallest absolute Gasteiger partial charge is 0.230 e. The Balaban J connectivity index is 1.86. The molecule has 4 heteroatoms. The number of fused-ring (bicyclic) bond motifs is 1. The zero-order valence-corrected chi connectivity index (χ0v) is 14.4. The first-order chi connectivity index (χ1) is 12.7. The van der Waals surface area contributed by atoms with Gasteiger partial charge < -0.3 is 9.84 Å². The molecule has 0 aliphatic carbocycles. The molecule has 0 unspecified atom stereocenters. The third-order valence-corrected chi connectivity index (χ3v) is 4.23. The molecule has 1 N–H and O–H groups in total. The predicted molar refractivity (Wildman–Crippen MR) is 103 cm³/mol. The van der Waals surface area contributed by atoms with Crippen molar-refractivity contribution in [2.45, 2.75) is 13.3 Å². The SMILES string of the molecule is CCc1cccc(Oc2nc(-c3ccccc3O)nc3ccccc23)c1. The Morgan fingerprint density at radius 1 is 0.885 bits per heavy atom. The van der Waals surface area contributed by atoms with Crippen LogP contribution in [0.25, 0.3) is 22.3 Å². The van der Waals surface area contributed by atoms with E-state index in [0.717, 1.165) is 23.1 Å². The maximum absolute atomic E-state index is 10.2. The van der Waals surface area contributed by atoms with Gasteiger partial charge >= 0.3 is 0 Å². The maximum atomic E-state index is 10.2. The minimum absolute atomic E-state index is 0.140. The zero-order chi connectivity index (χ0) is 17.9. The van der Waals surface area contributed by atoms with E-state index in [2.05, 4.69) is 23.0 Å². The molecule has 0 aliphatic heterocycles. The van der Waals surface area contributed by atoms with Gasteiger partial charge in [0.15, 0.2) is 5.82 Å². The fraction of sp³-hybridized carbons (Fsp3) is 0.0909. The number of nitrogens with zero attached hydrogens (tertiary/aromatic N) is 2. The fourth-order valence-electron chi connectivity index (χ4n) is 2.85. The Hall–Kier alpha value is -3.40. The Morgan fingerprint density at radius 2 is 1.69 bits per heavy atom. The van der Waals surface area contributed by atoms with Gasteiger partial charge in [0.1, 0.15) is 11.5 Å². The summed E-state index contributed by atoms with van der Waals surface area (Å²) in [6.07, 6.45) is 0.935. The van der Waals surface area contributed by atoms with Gasteiger partial charge in [0.2, 0.25) is 5.88 Å². The quantitative estimate of drug-likeness (QED) is 0.542. The molecule has 4 nitrogen and oxygen atoms in total. The normalized spacial score (nSPS) is 10.8. The van der Waals surface area contributed by atoms with E-state index in [4.69, 9.17) is 4.74 Å². The summed E-state index contributed by atoms with van der Waals surface area (Å²) in [5.74, 6) is 1.78. The molecule has 0 amide bonds. The Morgan fingerprint density at radius 3 is 2.54 bits per heavy atom. The summed E-state index contributed by atoms with van der Waals surface area (Å²) in [7, 11) is 0. The summed E-state index contributed by atoms with van der Waals surface area (Å²) in [6.45, 7) is 2.11. The second-order valence-electron chi connectivity index (χ2n) is 5.99. The molecule has 0 aliphatic rings. The first kappa shape index (κ1) is 16.1. The van der Waals surface area contributed by atoms with Crippen LogP contribution in [0.5, 0.6) is 17.4 Å². The molecule has 26 heavy (non-hydrogen) atoms. The molecule has 1 heterocycles. The molecule has 0 bridgehead atoms. The largest absolute Gasteiger partial charge is 0.507 e. The number of phenols is 1. The molecular weight excluding hydrogens is 324 g/mol. The molecule has 0 fully saturated rings. The van der Waals surface area contributed by atoms with Crippen LogP contribution < -0.4 is 4.74 Å². The Kier molecular flexibility index (Phi) is 4.23. The van der Waals surface area contributed by atoms with E-state index >= 15 is 0 Å². The van der Waals surface area contributed by atoms with E-state index in [1.807, 2.05) is 48.5 Å². The highest BCUT2D eigenvalue weighted by atomic mass is 16.5. The van der Waals surface area contributed by atoms with Crippen molar-refractivity contribution in [1.29, 1.82) is 0 Å². The summed E-state index contributed by atoms with van der Waals surface area (Å²) < 4.78 is 6.10. The van der Waals surface area contributed by atoms with Gasteiger partial charge in [-0.25, -0.2) is 4.98 Å². The lowest BCUT2D eigenvalue weighted by molar-refractivity contribution is 0.466. The van der Waals surface area contributed by atoms with E-state index < -0.39 is 0 Å². The van der Waals surface area contributed by atoms with Crippen LogP contribution in [-0.4, -0.2) is 15.1 Å². The molecular formula is C22H18N2O2. The van der Waals surface area contributed by atoms with Crippen LogP contribution in [0.3, 0.4) is 0 Å². The number of benzene rings is 3. The number of aryl methyl sites for hydroxylation is 1. The Labute approximate surface area is 151 Å². The molecule has 0 saturated carbocycles. The van der Waals surface area contributed by atoms with Crippen molar-refractivity contribution in [2.75, 3.05) is 0 Å². The number of aromatic hydroxyl groups is 1. The minimum atomic E-state index is 0.140. The maximum Gasteiger partial charge on any atom is 0.230 e. The minimum Gasteiger partial charge on any atom is -0.507 e. The molecule has 128 valence electrons. The van der Waals surface area contributed by atoms with Crippen molar-refractivity contribution in [2.24, 2.45) is 0 Å². The standard InChI is InChI=1S/C22H18N2O2/c1-2-15-8-7-9-16(14-15)26-22-17-10-3-5-12-19(17)23-21(24-22)18-11-4-6-13-20(18)25/h3-14,25H,2H2,1H3. The molecule has 0 radical (unpaired) electrons. The highest BCUT2D eigenvalue weighted by Gasteiger charge is 2.13. The highest BCUT2D eigenvalue weighted by Crippen LogP contribution is 2.33. The van der Waals surface area contributed by atoms with Crippen molar-refractivity contribution in [1.82, 2.24) is 9.97 Å². The number of aromatic nitrogens is 2. The fourth-order valence-corrected chi connectivity index (χ4v) is 2.85. The zero-order valence-electron chi connectivity index (χ0n) is 14.4. The van der Waals surface area contributed by atoms with Crippen LogP contribution >= 0.6 is 0 Å². The third kappa shape index (κ3) is 3.09. The molecule has 3 aromatic carbocycles. The van der Waals surface area contributed by atoms with Crippen molar-refractivity contribution in [3.05, 3.63) is 78.4 Å². The van der Waals surface area contributed by atoms with Crippen LogP contribution in [-0.2, 0) is 6.42 Å². The number of ether oxygens (including phenoxy) is 1. The van der Waals surface area contributed by atoms with Crippen molar-refractivity contribution < 1.29 is 9.84 Å². The van der Waals surface area contributed by atoms with E-state index in [1.54, 1.807) is 18.2 Å². The van der Waals surface area contributed by atoms with Crippen LogP contribution in [0.2, 0.25) is 0 Å². The first-order valence-corrected chi connectivity index (χ1v) is 8.56. The van der Waals surface area contributed by atoms with Gasteiger partial charge in [-0.2, -0.15) is 4.98 Å². The summed E-state index contributed by atoms with van der Waals surface area (Å²) in [5.41, 5.74) is 2.54. The van der Waals surface area contributed by atoms with E-state index in [0.29, 0.717) is 17.3 Å². The first-order valence-electron chi connectivity index (χ1n) is 8.56. The molecule has 4 aromatic rings. The van der Waals surface area contributed by atoms with E-state index in [9.17, 15) is 5.11 Å². The van der Waals surface area contributed by atoms with Crippen LogP contribution in [0.4, 0.5) is 0 Å². The monoisotopic (exact) mass is 342 g/mol. The summed E-state index contributed by atoms with van der Waals surface area (Å²) in [4.78, 5) is 9.18. The average Bonchev–Trinajstić information content (AvgIpc) is 2.68. The summed E-state index contributed by atoms with van der Waals surface area (Å²) in [6, 6.07) is 22.7. The van der Waals surface area contributed by atoms with Crippen molar-refractivity contribution in [3.8, 4) is 28.8 Å². The van der Waals surface area contributed by atoms with Crippen molar-refractivity contribution in [3.63, 3.8) is 0 Å². The molecule has 1 aromatic heterocycles. The summed E-state index contributed by atoms with van der Waals surface area (Å²) in [5, 5.41) is 11.0. The lowest BCUT2D eigenvalue weighted by Gasteiger charge is -2.11. The third-order valence-electron chi connectivity index (χ3n) is 4.23. The second-order valence-corrected chi connectivity index (χ2v) is 5.99. The van der Waals surface area contributed by atoms with Crippen LogP contribution in [0.15, 0.2) is 72.8 Å². The lowest BCUT2D eigenvalue weighted by atomic mass is 10.1. The van der Waals surface area contributed by atoms with Crippen LogP contribution in [0, 0.1) is 0 Å². The number of rotatable bonds is 4. The van der Waals surface area contributed by atoms with Gasteiger partial charge in [-0.05, 0) is 48.4 Å². The van der Waals surface area contributed by atoms with Gasteiger partial charge in [-0.15, -0.1) is 0 Å². The molecule has 4 rings (SSSR count). The van der Waals surface area contributed by atoms with Gasteiger partial charge in [0.05, 0.1) is 16.5 Å². The van der Waals surface area contributed by atoms with Crippen LogP contribution in [0.1, 0.15) is 12.5 Å². The van der Waals surface area contributed by atoms with Gasteiger partial charge in [0, 0.05) is 0 Å². The molecule has 0 atom stereocenters. The second kappa shape index (κ2) is 6.84. The van der Waals surface area contributed by atoms with Gasteiger partial charge in [-0.3, -0.25) is 0 Å².